The van der Waals surface area contributed by atoms with E-state index in [1.165, 1.54) is 12.7 Å². The predicted molar refractivity (Wildman–Crippen MR) is 136 cm³/mol. The fourth-order valence-corrected chi connectivity index (χ4v) is 3.76. The average molecular weight is 471 g/mol. The summed E-state index contributed by atoms with van der Waals surface area (Å²) in [6, 6.07) is 23.6. The molecule has 0 saturated carbocycles. The Hall–Kier alpha value is -3.77. The molecule has 0 fully saturated rings. The van der Waals surface area contributed by atoms with E-state index in [1.54, 1.807) is 0 Å². The first-order valence-electron chi connectivity index (χ1n) is 11.8. The zero-order valence-electron chi connectivity index (χ0n) is 20.4. The Kier molecular flexibility index (Phi) is 8.06. The molecule has 35 heavy (non-hydrogen) atoms. The summed E-state index contributed by atoms with van der Waals surface area (Å²) in [7, 11) is 1.37. The number of carbonyl (C=O) groups excluding carboxylic acids is 1. The quantitative estimate of drug-likeness (QED) is 0.209. The second kappa shape index (κ2) is 11.6. The molecule has 1 atom stereocenters. The maximum Gasteiger partial charge on any atom is 0.339 e. The SMILES string of the molecule is COC(=O)C(OCCCCOc1nc(-c2ccc(C)cc2)nc2cc(C)ccc12)c1ccccc1. The molecule has 0 N–H and O–H groups in total. The number of ether oxygens (including phenoxy) is 3. The van der Waals surface area contributed by atoms with Gasteiger partial charge < -0.3 is 14.2 Å². The highest BCUT2D eigenvalue weighted by Gasteiger charge is 2.21. The molecule has 0 amide bonds. The Balaban J connectivity index is 1.39. The second-order valence-corrected chi connectivity index (χ2v) is 8.48. The number of nitrogens with zero attached hydrogens (tertiary/aromatic N) is 2. The molecule has 0 radical (unpaired) electrons. The number of benzene rings is 3. The van der Waals surface area contributed by atoms with E-state index in [4.69, 9.17) is 24.2 Å². The van der Waals surface area contributed by atoms with Crippen LogP contribution in [0.25, 0.3) is 22.3 Å². The molecule has 4 rings (SSSR count). The van der Waals surface area contributed by atoms with Gasteiger partial charge in [-0.15, -0.1) is 0 Å². The Morgan fingerprint density at radius 1 is 0.857 bits per heavy atom. The first-order valence-corrected chi connectivity index (χ1v) is 11.8. The first kappa shape index (κ1) is 24.4. The van der Waals surface area contributed by atoms with Gasteiger partial charge in [-0.3, -0.25) is 0 Å². The van der Waals surface area contributed by atoms with Crippen molar-refractivity contribution in [3.8, 4) is 17.3 Å². The number of hydrogen-bond donors (Lipinski definition) is 0. The molecule has 0 aliphatic heterocycles. The van der Waals surface area contributed by atoms with Crippen LogP contribution in [0.1, 0.15) is 35.6 Å². The van der Waals surface area contributed by atoms with Crippen molar-refractivity contribution in [3.63, 3.8) is 0 Å². The lowest BCUT2D eigenvalue weighted by Crippen LogP contribution is -2.18. The van der Waals surface area contributed by atoms with Gasteiger partial charge in [0.1, 0.15) is 0 Å². The van der Waals surface area contributed by atoms with Crippen molar-refractivity contribution in [1.82, 2.24) is 9.97 Å². The maximum atomic E-state index is 12.1. The van der Waals surface area contributed by atoms with Crippen LogP contribution in [0.5, 0.6) is 5.88 Å². The minimum absolute atomic E-state index is 0.404. The van der Waals surface area contributed by atoms with Crippen molar-refractivity contribution in [2.75, 3.05) is 20.3 Å². The lowest BCUT2D eigenvalue weighted by atomic mass is 10.1. The zero-order chi connectivity index (χ0) is 24.6. The third kappa shape index (κ3) is 6.22. The Morgan fingerprint density at radius 2 is 1.57 bits per heavy atom. The van der Waals surface area contributed by atoms with Crippen molar-refractivity contribution in [2.45, 2.75) is 32.8 Å². The number of fused-ring (bicyclic) bond motifs is 1. The van der Waals surface area contributed by atoms with Gasteiger partial charge in [0, 0.05) is 12.2 Å². The normalized spacial score (nSPS) is 11.9. The van der Waals surface area contributed by atoms with Gasteiger partial charge in [-0.05, 0) is 49.9 Å². The van der Waals surface area contributed by atoms with E-state index < -0.39 is 12.1 Å². The Labute approximate surface area is 205 Å². The largest absolute Gasteiger partial charge is 0.477 e. The summed E-state index contributed by atoms with van der Waals surface area (Å²) in [6.07, 6.45) is 0.751. The van der Waals surface area contributed by atoms with Gasteiger partial charge in [0.15, 0.2) is 11.9 Å². The lowest BCUT2D eigenvalue weighted by molar-refractivity contribution is -0.154. The molecule has 0 saturated heterocycles. The molecular weight excluding hydrogens is 440 g/mol. The highest BCUT2D eigenvalue weighted by molar-refractivity contribution is 5.85. The summed E-state index contributed by atoms with van der Waals surface area (Å²) in [5.41, 5.74) is 4.91. The summed E-state index contributed by atoms with van der Waals surface area (Å²) < 4.78 is 16.9. The van der Waals surface area contributed by atoms with E-state index in [0.717, 1.165) is 40.4 Å². The Bertz CT molecular complexity index is 1270. The van der Waals surface area contributed by atoms with Gasteiger partial charge in [0.05, 0.1) is 24.6 Å². The number of unbranched alkanes of at least 4 members (excludes halogenated alkanes) is 1. The number of carbonyl (C=O) groups is 1. The van der Waals surface area contributed by atoms with Crippen LogP contribution in [0.2, 0.25) is 0 Å². The van der Waals surface area contributed by atoms with E-state index in [-0.39, 0.29) is 0 Å². The van der Waals surface area contributed by atoms with Crippen molar-refractivity contribution in [1.29, 1.82) is 0 Å². The highest BCUT2D eigenvalue weighted by Crippen LogP contribution is 2.28. The molecule has 0 aliphatic rings. The van der Waals surface area contributed by atoms with E-state index in [9.17, 15) is 4.79 Å². The van der Waals surface area contributed by atoms with Crippen LogP contribution in [0.3, 0.4) is 0 Å². The summed E-state index contributed by atoms with van der Waals surface area (Å²) >= 11 is 0. The summed E-state index contributed by atoms with van der Waals surface area (Å²) in [5.74, 6) is 0.812. The van der Waals surface area contributed by atoms with Crippen LogP contribution < -0.4 is 4.74 Å². The van der Waals surface area contributed by atoms with Crippen molar-refractivity contribution in [2.24, 2.45) is 0 Å². The Morgan fingerprint density at radius 3 is 2.31 bits per heavy atom. The van der Waals surface area contributed by atoms with Crippen molar-refractivity contribution in [3.05, 3.63) is 89.5 Å². The molecule has 0 bridgehead atoms. The first-order chi connectivity index (χ1) is 17.0. The third-order valence-corrected chi connectivity index (χ3v) is 5.71. The molecule has 1 aromatic heterocycles. The number of aryl methyl sites for hydroxylation is 2. The standard InChI is InChI=1S/C29H30N2O4/c1-20-11-14-23(15-12-20)27-30-25-19-21(2)13-16-24(25)28(31-27)35-18-8-7-17-34-26(29(32)33-3)22-9-5-4-6-10-22/h4-6,9-16,19,26H,7-8,17-18H2,1-3H3. The number of esters is 1. The van der Waals surface area contributed by atoms with Gasteiger partial charge in [-0.1, -0.05) is 66.2 Å². The molecule has 3 aromatic carbocycles. The van der Waals surface area contributed by atoms with E-state index in [2.05, 4.69) is 19.1 Å². The second-order valence-electron chi connectivity index (χ2n) is 8.48. The highest BCUT2D eigenvalue weighted by atomic mass is 16.6. The molecule has 0 spiro atoms. The van der Waals surface area contributed by atoms with Gasteiger partial charge in [-0.2, -0.15) is 4.98 Å². The smallest absolute Gasteiger partial charge is 0.339 e. The van der Waals surface area contributed by atoms with E-state index in [1.807, 2.05) is 67.6 Å². The molecule has 6 nitrogen and oxygen atoms in total. The van der Waals surface area contributed by atoms with Crippen molar-refractivity contribution < 1.29 is 19.0 Å². The molecule has 6 heteroatoms. The minimum Gasteiger partial charge on any atom is -0.477 e. The average Bonchev–Trinajstić information content (AvgIpc) is 2.88. The number of aromatic nitrogens is 2. The summed E-state index contributed by atoms with van der Waals surface area (Å²) in [6.45, 7) is 4.99. The van der Waals surface area contributed by atoms with Crippen LogP contribution in [0, 0.1) is 13.8 Å². The van der Waals surface area contributed by atoms with Crippen LogP contribution in [0.4, 0.5) is 0 Å². The summed E-state index contributed by atoms with van der Waals surface area (Å²) in [5, 5.41) is 0.887. The van der Waals surface area contributed by atoms with Gasteiger partial charge in [0.25, 0.3) is 0 Å². The molecule has 0 aliphatic carbocycles. The molecule has 180 valence electrons. The molecule has 4 aromatic rings. The molecular formula is C29H30N2O4. The predicted octanol–water partition coefficient (Wildman–Crippen LogP) is 6.00. The number of hydrogen-bond acceptors (Lipinski definition) is 6. The lowest BCUT2D eigenvalue weighted by Gasteiger charge is -2.16. The maximum absolute atomic E-state index is 12.1. The monoisotopic (exact) mass is 470 g/mol. The molecule has 1 heterocycles. The van der Waals surface area contributed by atoms with Crippen molar-refractivity contribution >= 4 is 16.9 Å². The van der Waals surface area contributed by atoms with Gasteiger partial charge in [0.2, 0.25) is 5.88 Å². The number of methoxy groups -OCH3 is 1. The van der Waals surface area contributed by atoms with Crippen LogP contribution in [-0.4, -0.2) is 36.3 Å². The van der Waals surface area contributed by atoms with E-state index >= 15 is 0 Å². The van der Waals surface area contributed by atoms with Crippen LogP contribution >= 0.6 is 0 Å². The van der Waals surface area contributed by atoms with Gasteiger partial charge in [-0.25, -0.2) is 9.78 Å². The van der Waals surface area contributed by atoms with Crippen LogP contribution in [-0.2, 0) is 14.3 Å². The fraction of sp³-hybridized carbons (Fsp3) is 0.276. The fourth-order valence-electron chi connectivity index (χ4n) is 3.76. The van der Waals surface area contributed by atoms with Gasteiger partial charge >= 0.3 is 5.97 Å². The third-order valence-electron chi connectivity index (χ3n) is 5.71. The minimum atomic E-state index is -0.728. The topological polar surface area (TPSA) is 70.5 Å². The molecule has 1 unspecified atom stereocenters. The number of rotatable bonds is 10. The zero-order valence-corrected chi connectivity index (χ0v) is 20.4. The van der Waals surface area contributed by atoms with Crippen LogP contribution in [0.15, 0.2) is 72.8 Å². The summed E-state index contributed by atoms with van der Waals surface area (Å²) in [4.78, 5) is 21.6. The van der Waals surface area contributed by atoms with E-state index in [0.29, 0.717) is 24.9 Å².